The highest BCUT2D eigenvalue weighted by Crippen LogP contribution is 2.37. The fourth-order valence-corrected chi connectivity index (χ4v) is 4.33. The smallest absolute Gasteiger partial charge is 0.243 e. The number of sulfonamides is 1. The molecular weight excluding hydrogens is 496 g/mol. The van der Waals surface area contributed by atoms with Crippen molar-refractivity contribution in [1.82, 2.24) is 29.7 Å². The normalized spacial score (nSPS) is 12.2. The van der Waals surface area contributed by atoms with Crippen molar-refractivity contribution in [1.29, 1.82) is 0 Å². The molecule has 0 aliphatic heterocycles. The number of hydrogen-bond acceptors (Lipinski definition) is 9. The average molecular weight is 518 g/mol. The molecule has 1 aromatic carbocycles. The SMILES string of the molecule is COc1cccc(OC)c1-n1c(NS(=O)(=O)[C@H](C)Cc2ncc(F)cn2)nnc1-c1cncc(F)c1. The standard InChI is InChI=1S/C22H21F2N7O4S/c1-13(7-19-26-11-16(24)12-27-19)36(32,33)30-22-29-28-21(14-8-15(23)10-25-9-14)31(22)20-17(34-2)5-4-6-18(20)35-3/h4-6,8-13H,7H2,1-3H3,(H,29,30)/t13-/m1/s1. The molecule has 36 heavy (non-hydrogen) atoms. The second-order valence-electron chi connectivity index (χ2n) is 7.56. The van der Waals surface area contributed by atoms with E-state index in [4.69, 9.17) is 9.47 Å². The number of pyridine rings is 1. The van der Waals surface area contributed by atoms with Gasteiger partial charge in [0.15, 0.2) is 11.6 Å². The van der Waals surface area contributed by atoms with E-state index >= 15 is 0 Å². The van der Waals surface area contributed by atoms with Crippen molar-refractivity contribution in [3.63, 3.8) is 0 Å². The summed E-state index contributed by atoms with van der Waals surface area (Å²) in [4.78, 5) is 11.5. The van der Waals surface area contributed by atoms with Gasteiger partial charge in [-0.2, -0.15) is 0 Å². The number of benzene rings is 1. The van der Waals surface area contributed by atoms with E-state index in [2.05, 4.69) is 29.9 Å². The van der Waals surface area contributed by atoms with Gasteiger partial charge in [-0.05, 0) is 25.1 Å². The van der Waals surface area contributed by atoms with E-state index in [-0.39, 0.29) is 35.3 Å². The Bertz CT molecular complexity index is 1460. The number of halogens is 2. The van der Waals surface area contributed by atoms with Crippen molar-refractivity contribution >= 4 is 16.0 Å². The van der Waals surface area contributed by atoms with Crippen LogP contribution in [0, 0.1) is 11.6 Å². The lowest BCUT2D eigenvalue weighted by Crippen LogP contribution is -2.29. The molecule has 3 heterocycles. The van der Waals surface area contributed by atoms with Gasteiger partial charge in [-0.15, -0.1) is 10.2 Å². The van der Waals surface area contributed by atoms with Gasteiger partial charge >= 0.3 is 0 Å². The van der Waals surface area contributed by atoms with Crippen molar-refractivity contribution in [2.24, 2.45) is 0 Å². The van der Waals surface area contributed by atoms with E-state index in [1.54, 1.807) is 18.2 Å². The first kappa shape index (κ1) is 24.9. The Labute approximate surface area is 205 Å². The Morgan fingerprint density at radius 2 is 1.67 bits per heavy atom. The topological polar surface area (TPSA) is 134 Å². The van der Waals surface area contributed by atoms with Crippen LogP contribution in [0.25, 0.3) is 17.1 Å². The summed E-state index contributed by atoms with van der Waals surface area (Å²) >= 11 is 0. The number of methoxy groups -OCH3 is 2. The Balaban J connectivity index is 1.81. The number of anilines is 1. The fourth-order valence-electron chi connectivity index (χ4n) is 3.37. The van der Waals surface area contributed by atoms with Crippen molar-refractivity contribution in [2.45, 2.75) is 18.6 Å². The highest BCUT2D eigenvalue weighted by atomic mass is 32.2. The first-order chi connectivity index (χ1) is 17.2. The van der Waals surface area contributed by atoms with Gasteiger partial charge in [0.05, 0.1) is 38.1 Å². The van der Waals surface area contributed by atoms with Gasteiger partial charge < -0.3 is 9.47 Å². The molecule has 0 aliphatic rings. The number of hydrogen-bond donors (Lipinski definition) is 1. The van der Waals surface area contributed by atoms with Crippen LogP contribution in [0.2, 0.25) is 0 Å². The minimum atomic E-state index is -4.09. The molecule has 3 aromatic heterocycles. The summed E-state index contributed by atoms with van der Waals surface area (Å²) in [5, 5.41) is 7.07. The summed E-state index contributed by atoms with van der Waals surface area (Å²) in [6.07, 6.45) is 4.20. The molecule has 0 amide bonds. The zero-order valence-corrected chi connectivity index (χ0v) is 20.2. The Morgan fingerprint density at radius 1 is 1.00 bits per heavy atom. The van der Waals surface area contributed by atoms with Crippen LogP contribution in [-0.2, 0) is 16.4 Å². The van der Waals surface area contributed by atoms with Crippen LogP contribution in [-0.4, -0.2) is 57.6 Å². The van der Waals surface area contributed by atoms with E-state index in [9.17, 15) is 17.2 Å². The summed E-state index contributed by atoms with van der Waals surface area (Å²) in [5.74, 6) is -0.606. The molecular formula is C22H21F2N7O4S. The monoisotopic (exact) mass is 517 g/mol. The molecule has 0 bridgehead atoms. The second kappa shape index (κ2) is 10.2. The molecule has 188 valence electrons. The number of nitrogens with zero attached hydrogens (tertiary/aromatic N) is 6. The number of aromatic nitrogens is 6. The van der Waals surface area contributed by atoms with Crippen LogP contribution in [0.15, 0.2) is 49.1 Å². The highest BCUT2D eigenvalue weighted by molar-refractivity contribution is 7.93. The molecule has 14 heteroatoms. The predicted molar refractivity (Wildman–Crippen MR) is 125 cm³/mol. The van der Waals surface area contributed by atoms with Crippen molar-refractivity contribution < 1.29 is 26.7 Å². The maximum Gasteiger partial charge on any atom is 0.243 e. The summed E-state index contributed by atoms with van der Waals surface area (Å²) in [5.41, 5.74) is 0.507. The van der Waals surface area contributed by atoms with Gasteiger partial charge in [0, 0.05) is 18.2 Å². The molecule has 0 fully saturated rings. The second-order valence-corrected chi connectivity index (χ2v) is 9.66. The summed E-state index contributed by atoms with van der Waals surface area (Å²) < 4.78 is 68.2. The molecule has 4 aromatic rings. The van der Waals surface area contributed by atoms with Crippen LogP contribution < -0.4 is 14.2 Å². The van der Waals surface area contributed by atoms with Gasteiger partial charge in [0.25, 0.3) is 0 Å². The zero-order chi connectivity index (χ0) is 25.9. The van der Waals surface area contributed by atoms with E-state index < -0.39 is 26.9 Å². The first-order valence-corrected chi connectivity index (χ1v) is 12.0. The van der Waals surface area contributed by atoms with Crippen LogP contribution in [0.3, 0.4) is 0 Å². The Morgan fingerprint density at radius 3 is 2.28 bits per heavy atom. The quantitative estimate of drug-likeness (QED) is 0.356. The van der Waals surface area contributed by atoms with Gasteiger partial charge in [-0.1, -0.05) is 6.07 Å². The maximum absolute atomic E-state index is 14.0. The molecule has 1 N–H and O–H groups in total. The average Bonchev–Trinajstić information content (AvgIpc) is 3.27. The first-order valence-electron chi connectivity index (χ1n) is 10.5. The molecule has 11 nitrogen and oxygen atoms in total. The molecule has 0 spiro atoms. The fraction of sp³-hybridized carbons (Fsp3) is 0.227. The molecule has 0 radical (unpaired) electrons. The third-order valence-corrected chi connectivity index (χ3v) is 6.85. The number of para-hydroxylation sites is 1. The van der Waals surface area contributed by atoms with Gasteiger partial charge in [0.1, 0.15) is 28.8 Å². The predicted octanol–water partition coefficient (Wildman–Crippen LogP) is 2.79. The lowest BCUT2D eigenvalue weighted by atomic mass is 10.2. The summed E-state index contributed by atoms with van der Waals surface area (Å²) in [6.45, 7) is 1.44. The highest BCUT2D eigenvalue weighted by Gasteiger charge is 2.28. The number of nitrogens with one attached hydrogen (secondary N) is 1. The van der Waals surface area contributed by atoms with Crippen molar-refractivity contribution in [3.05, 3.63) is 66.5 Å². The minimum absolute atomic E-state index is 0.0806. The molecule has 0 aliphatic carbocycles. The lowest BCUT2D eigenvalue weighted by Gasteiger charge is -2.19. The van der Waals surface area contributed by atoms with E-state index in [0.29, 0.717) is 11.5 Å². The summed E-state index contributed by atoms with van der Waals surface area (Å²) in [6, 6.07) is 6.14. The van der Waals surface area contributed by atoms with E-state index in [0.717, 1.165) is 18.6 Å². The van der Waals surface area contributed by atoms with Crippen LogP contribution >= 0.6 is 0 Å². The van der Waals surface area contributed by atoms with Gasteiger partial charge in [-0.3, -0.25) is 14.3 Å². The molecule has 0 unspecified atom stereocenters. The van der Waals surface area contributed by atoms with E-state index in [1.165, 1.54) is 38.0 Å². The molecule has 1 atom stereocenters. The minimum Gasteiger partial charge on any atom is -0.494 e. The summed E-state index contributed by atoms with van der Waals surface area (Å²) in [7, 11) is -1.22. The van der Waals surface area contributed by atoms with Crippen LogP contribution in [0.5, 0.6) is 11.5 Å². The van der Waals surface area contributed by atoms with Crippen LogP contribution in [0.4, 0.5) is 14.7 Å². The molecule has 4 rings (SSSR count). The molecule has 0 saturated heterocycles. The Kier molecular flexibility index (Phi) is 7.05. The van der Waals surface area contributed by atoms with Crippen LogP contribution in [0.1, 0.15) is 12.7 Å². The molecule has 0 saturated carbocycles. The van der Waals surface area contributed by atoms with Crippen molar-refractivity contribution in [3.8, 4) is 28.6 Å². The lowest BCUT2D eigenvalue weighted by molar-refractivity contribution is 0.391. The Hall–Kier alpha value is -4.20. The van der Waals surface area contributed by atoms with E-state index in [1.807, 2.05) is 0 Å². The largest absolute Gasteiger partial charge is 0.494 e. The van der Waals surface area contributed by atoms with Gasteiger partial charge in [0.2, 0.25) is 16.0 Å². The number of rotatable bonds is 9. The zero-order valence-electron chi connectivity index (χ0n) is 19.4. The third kappa shape index (κ3) is 5.07. The number of ether oxygens (including phenoxy) is 2. The maximum atomic E-state index is 14.0. The van der Waals surface area contributed by atoms with Crippen molar-refractivity contribution in [2.75, 3.05) is 18.9 Å². The third-order valence-electron chi connectivity index (χ3n) is 5.16. The van der Waals surface area contributed by atoms with Gasteiger partial charge in [-0.25, -0.2) is 27.2 Å².